The molecular formula is C15H30O3Si. The second-order valence-corrected chi connectivity index (χ2v) is 6.77. The molecule has 0 saturated heterocycles. The van der Waals surface area contributed by atoms with E-state index in [0.29, 0.717) is 19.8 Å². The molecule has 19 heavy (non-hydrogen) atoms. The summed E-state index contributed by atoms with van der Waals surface area (Å²) in [5.41, 5.74) is 3.10. The van der Waals surface area contributed by atoms with E-state index in [4.69, 9.17) is 13.3 Å². The Kier molecular flexibility index (Phi) is 12.4. The second-order valence-electron chi connectivity index (χ2n) is 4.54. The summed E-state index contributed by atoms with van der Waals surface area (Å²) in [6.45, 7) is 10.3. The number of unbranched alkanes of at least 4 members (excludes halogenated alkanes) is 3. The summed E-state index contributed by atoms with van der Waals surface area (Å²) in [5, 5.41) is 0. The van der Waals surface area contributed by atoms with Crippen LogP contribution in [-0.2, 0) is 13.3 Å². The van der Waals surface area contributed by atoms with Crippen molar-refractivity contribution in [3.8, 4) is 11.5 Å². The highest BCUT2D eigenvalue weighted by atomic mass is 28.4. The fourth-order valence-electron chi connectivity index (χ4n) is 1.44. The predicted octanol–water partition coefficient (Wildman–Crippen LogP) is 3.94. The first-order valence-electron chi connectivity index (χ1n) is 7.60. The van der Waals surface area contributed by atoms with Gasteiger partial charge >= 0.3 is 8.80 Å². The Labute approximate surface area is 120 Å². The van der Waals surface area contributed by atoms with Crippen LogP contribution in [0, 0.1) is 11.5 Å². The summed E-state index contributed by atoms with van der Waals surface area (Å²) >= 11 is 0. The van der Waals surface area contributed by atoms with Gasteiger partial charge in [-0.2, -0.15) is 0 Å². The molecule has 0 aliphatic rings. The molecule has 0 saturated carbocycles. The van der Waals surface area contributed by atoms with Crippen LogP contribution in [0.2, 0.25) is 0 Å². The number of rotatable bonds is 12. The van der Waals surface area contributed by atoms with Gasteiger partial charge in [-0.25, -0.2) is 0 Å². The molecule has 0 aromatic heterocycles. The molecule has 0 aromatic rings. The summed E-state index contributed by atoms with van der Waals surface area (Å²) in [7, 11) is -2.77. The van der Waals surface area contributed by atoms with Gasteiger partial charge in [-0.3, -0.25) is 0 Å². The molecule has 0 aliphatic carbocycles. The zero-order valence-electron chi connectivity index (χ0n) is 13.1. The first-order chi connectivity index (χ1) is 9.24. The molecule has 0 fully saturated rings. The van der Waals surface area contributed by atoms with Crippen LogP contribution >= 0.6 is 0 Å². The van der Waals surface area contributed by atoms with Crippen molar-refractivity contribution in [1.29, 1.82) is 0 Å². The normalized spacial score (nSPS) is 11.2. The van der Waals surface area contributed by atoms with Gasteiger partial charge in [0.2, 0.25) is 0 Å². The van der Waals surface area contributed by atoms with Crippen molar-refractivity contribution in [2.75, 3.05) is 19.8 Å². The van der Waals surface area contributed by atoms with E-state index in [0.717, 1.165) is 38.5 Å². The molecule has 0 spiro atoms. The van der Waals surface area contributed by atoms with Gasteiger partial charge in [-0.05, 0) is 31.7 Å². The summed E-state index contributed by atoms with van der Waals surface area (Å²) < 4.78 is 17.8. The average Bonchev–Trinajstić information content (AvgIpc) is 2.40. The minimum Gasteiger partial charge on any atom is -0.364 e. The van der Waals surface area contributed by atoms with Crippen molar-refractivity contribution in [3.63, 3.8) is 0 Å². The zero-order valence-corrected chi connectivity index (χ0v) is 14.1. The van der Waals surface area contributed by atoms with E-state index in [1.807, 2.05) is 6.92 Å². The maximum absolute atomic E-state index is 5.92. The molecule has 0 atom stereocenters. The van der Waals surface area contributed by atoms with Crippen molar-refractivity contribution in [2.45, 2.75) is 66.2 Å². The number of hydrogen-bond donors (Lipinski definition) is 0. The van der Waals surface area contributed by atoms with E-state index in [1.54, 1.807) is 0 Å². The maximum Gasteiger partial charge on any atom is 0.591 e. The summed E-state index contributed by atoms with van der Waals surface area (Å²) in [5.74, 6) is 2.93. The van der Waals surface area contributed by atoms with Gasteiger partial charge < -0.3 is 13.3 Å². The molecule has 0 aromatic carbocycles. The standard InChI is InChI=1S/C15H30O3Si/c1-5-9-12-16-19(15-8-4,17-13-10-6-2)18-14-11-7-3/h5-7,9-14H2,1-4H3. The van der Waals surface area contributed by atoms with Gasteiger partial charge in [-0.1, -0.05) is 40.0 Å². The third-order valence-corrected chi connectivity index (χ3v) is 4.96. The average molecular weight is 286 g/mol. The van der Waals surface area contributed by atoms with Crippen LogP contribution in [0.3, 0.4) is 0 Å². The summed E-state index contributed by atoms with van der Waals surface area (Å²) in [6, 6.07) is 0. The van der Waals surface area contributed by atoms with Crippen molar-refractivity contribution in [3.05, 3.63) is 0 Å². The Bertz CT molecular complexity index is 231. The van der Waals surface area contributed by atoms with Gasteiger partial charge in [0.1, 0.15) is 0 Å². The first-order valence-corrected chi connectivity index (χ1v) is 9.32. The topological polar surface area (TPSA) is 27.7 Å². The van der Waals surface area contributed by atoms with Crippen LogP contribution in [0.15, 0.2) is 0 Å². The van der Waals surface area contributed by atoms with E-state index >= 15 is 0 Å². The van der Waals surface area contributed by atoms with E-state index < -0.39 is 8.80 Å². The predicted molar refractivity (Wildman–Crippen MR) is 81.8 cm³/mol. The van der Waals surface area contributed by atoms with Crippen molar-refractivity contribution < 1.29 is 13.3 Å². The van der Waals surface area contributed by atoms with Crippen molar-refractivity contribution in [1.82, 2.24) is 0 Å². The Morgan fingerprint density at radius 1 is 0.737 bits per heavy atom. The fraction of sp³-hybridized carbons (Fsp3) is 0.867. The molecule has 0 heterocycles. The minimum absolute atomic E-state index is 0.676. The molecule has 4 heteroatoms. The molecule has 0 bridgehead atoms. The van der Waals surface area contributed by atoms with Gasteiger partial charge in [-0.15, -0.1) is 5.92 Å². The van der Waals surface area contributed by atoms with Crippen LogP contribution in [-0.4, -0.2) is 28.6 Å². The highest BCUT2D eigenvalue weighted by Crippen LogP contribution is 2.12. The quantitative estimate of drug-likeness (QED) is 0.309. The molecule has 0 radical (unpaired) electrons. The Balaban J connectivity index is 4.50. The summed E-state index contributed by atoms with van der Waals surface area (Å²) in [6.07, 6.45) is 6.38. The van der Waals surface area contributed by atoms with Gasteiger partial charge in [0.05, 0.1) is 0 Å². The summed E-state index contributed by atoms with van der Waals surface area (Å²) in [4.78, 5) is 0. The molecule has 0 aliphatic heterocycles. The second kappa shape index (κ2) is 12.7. The van der Waals surface area contributed by atoms with Crippen LogP contribution in [0.1, 0.15) is 66.2 Å². The molecule has 0 rings (SSSR count). The van der Waals surface area contributed by atoms with Crippen molar-refractivity contribution in [2.24, 2.45) is 0 Å². The zero-order chi connectivity index (χ0) is 14.4. The molecular weight excluding hydrogens is 256 g/mol. The Hall–Kier alpha value is -0.343. The van der Waals surface area contributed by atoms with Crippen molar-refractivity contribution >= 4 is 8.80 Å². The first kappa shape index (κ1) is 18.7. The lowest BCUT2D eigenvalue weighted by Gasteiger charge is -2.24. The van der Waals surface area contributed by atoms with E-state index in [-0.39, 0.29) is 0 Å². The monoisotopic (exact) mass is 286 g/mol. The van der Waals surface area contributed by atoms with Gasteiger partial charge in [0.25, 0.3) is 0 Å². The fourth-order valence-corrected chi connectivity index (χ4v) is 3.45. The lowest BCUT2D eigenvalue weighted by molar-refractivity contribution is 0.0711. The van der Waals surface area contributed by atoms with Gasteiger partial charge in [0, 0.05) is 19.8 Å². The SMILES string of the molecule is CC#C[Si](OCCCC)(OCCCC)OCCCC. The largest absolute Gasteiger partial charge is 0.591 e. The molecule has 0 amide bonds. The minimum atomic E-state index is -2.77. The van der Waals surface area contributed by atoms with Gasteiger partial charge in [0.15, 0.2) is 0 Å². The third-order valence-electron chi connectivity index (χ3n) is 2.65. The molecule has 0 unspecified atom stereocenters. The Morgan fingerprint density at radius 2 is 1.11 bits per heavy atom. The number of hydrogen-bond acceptors (Lipinski definition) is 3. The molecule has 112 valence electrons. The van der Waals surface area contributed by atoms with Crippen LogP contribution in [0.25, 0.3) is 0 Å². The lowest BCUT2D eigenvalue weighted by Crippen LogP contribution is -2.46. The third kappa shape index (κ3) is 9.23. The lowest BCUT2D eigenvalue weighted by atomic mass is 10.4. The van der Waals surface area contributed by atoms with Crippen LogP contribution < -0.4 is 0 Å². The van der Waals surface area contributed by atoms with E-state index in [9.17, 15) is 0 Å². The van der Waals surface area contributed by atoms with Crippen LogP contribution in [0.4, 0.5) is 0 Å². The smallest absolute Gasteiger partial charge is 0.364 e. The van der Waals surface area contributed by atoms with E-state index in [2.05, 4.69) is 32.2 Å². The highest BCUT2D eigenvalue weighted by molar-refractivity contribution is 6.69. The van der Waals surface area contributed by atoms with Crippen LogP contribution in [0.5, 0.6) is 0 Å². The van der Waals surface area contributed by atoms with E-state index in [1.165, 1.54) is 0 Å². The highest BCUT2D eigenvalue weighted by Gasteiger charge is 2.40. The Morgan fingerprint density at radius 3 is 1.37 bits per heavy atom. The maximum atomic E-state index is 5.92. The molecule has 0 N–H and O–H groups in total. The molecule has 3 nitrogen and oxygen atoms in total.